The van der Waals surface area contributed by atoms with Gasteiger partial charge in [0.25, 0.3) is 0 Å². The Hall–Kier alpha value is -3.68. The Balaban J connectivity index is 3.51. The average molecular weight is 387 g/mol. The molecule has 0 saturated carbocycles. The number of hydrogen-bond donors (Lipinski definition) is 1. The second-order valence-electron chi connectivity index (χ2n) is 6.40. The summed E-state index contributed by atoms with van der Waals surface area (Å²) in [6, 6.07) is 4.72. The fourth-order valence-electron chi connectivity index (χ4n) is 2.14. The molecule has 0 spiro atoms. The van der Waals surface area contributed by atoms with Gasteiger partial charge in [-0.05, 0) is 62.9 Å². The van der Waals surface area contributed by atoms with Crippen LogP contribution in [-0.2, 0) is 14.3 Å². The van der Waals surface area contributed by atoms with Crippen LogP contribution in [0.15, 0.2) is 34.1 Å². The Kier molecular flexibility index (Phi) is 7.88. The maximum absolute atomic E-state index is 12.1. The van der Waals surface area contributed by atoms with E-state index in [0.717, 1.165) is 0 Å². The molecular weight excluding hydrogens is 366 g/mol. The number of azide groups is 2. The van der Waals surface area contributed by atoms with Crippen LogP contribution < -0.4 is 5.32 Å². The SMILES string of the molecule is CCOC(=O)/C(N=[N+]=[N-])=C(/N=[N+]=[N-])c1cccc(NC(=O)OC(C)(C)C)c1C. The molecule has 0 aliphatic heterocycles. The fourth-order valence-corrected chi connectivity index (χ4v) is 2.14. The van der Waals surface area contributed by atoms with E-state index in [9.17, 15) is 9.59 Å². The van der Waals surface area contributed by atoms with E-state index in [4.69, 9.17) is 20.5 Å². The highest BCUT2D eigenvalue weighted by atomic mass is 16.6. The molecule has 0 atom stereocenters. The number of benzene rings is 1. The number of esters is 1. The Morgan fingerprint density at radius 1 is 1.18 bits per heavy atom. The van der Waals surface area contributed by atoms with Crippen LogP contribution in [0.4, 0.5) is 10.5 Å². The van der Waals surface area contributed by atoms with E-state index < -0.39 is 23.4 Å². The van der Waals surface area contributed by atoms with E-state index in [1.165, 1.54) is 0 Å². The van der Waals surface area contributed by atoms with Crippen LogP contribution >= 0.6 is 0 Å². The van der Waals surface area contributed by atoms with Gasteiger partial charge in [0.15, 0.2) is 0 Å². The van der Waals surface area contributed by atoms with Crippen LogP contribution in [0.5, 0.6) is 0 Å². The van der Waals surface area contributed by atoms with Crippen LogP contribution in [0.25, 0.3) is 26.6 Å². The predicted molar refractivity (Wildman–Crippen MR) is 103 cm³/mol. The molecule has 1 N–H and O–H groups in total. The summed E-state index contributed by atoms with van der Waals surface area (Å²) in [5.41, 5.74) is 17.4. The number of ether oxygens (including phenoxy) is 2. The third-order valence-electron chi connectivity index (χ3n) is 3.21. The molecule has 1 rings (SSSR count). The highest BCUT2D eigenvalue weighted by Crippen LogP contribution is 2.30. The minimum absolute atomic E-state index is 0.0338. The van der Waals surface area contributed by atoms with E-state index in [0.29, 0.717) is 11.3 Å². The normalized spacial score (nSPS) is 11.3. The summed E-state index contributed by atoms with van der Waals surface area (Å²) >= 11 is 0. The molecule has 148 valence electrons. The smallest absolute Gasteiger partial charge is 0.412 e. The molecule has 0 saturated heterocycles. The number of amides is 1. The van der Waals surface area contributed by atoms with Crippen molar-refractivity contribution in [2.45, 2.75) is 40.2 Å². The zero-order chi connectivity index (χ0) is 21.3. The summed E-state index contributed by atoms with van der Waals surface area (Å²) in [6.45, 7) is 8.42. The molecule has 1 aromatic rings. The fraction of sp³-hybridized carbons (Fsp3) is 0.412. The third-order valence-corrected chi connectivity index (χ3v) is 3.21. The lowest BCUT2D eigenvalue weighted by Crippen LogP contribution is -2.27. The molecule has 0 fully saturated rings. The first-order chi connectivity index (χ1) is 13.1. The van der Waals surface area contributed by atoms with E-state index in [-0.39, 0.29) is 17.9 Å². The van der Waals surface area contributed by atoms with Crippen molar-refractivity contribution in [2.24, 2.45) is 10.2 Å². The molecule has 0 aliphatic carbocycles. The predicted octanol–water partition coefficient (Wildman–Crippen LogP) is 5.19. The average Bonchev–Trinajstić information content (AvgIpc) is 2.58. The summed E-state index contributed by atoms with van der Waals surface area (Å²) < 4.78 is 10.1. The van der Waals surface area contributed by atoms with Crippen molar-refractivity contribution in [3.05, 3.63) is 55.9 Å². The first-order valence-electron chi connectivity index (χ1n) is 8.26. The van der Waals surface area contributed by atoms with Gasteiger partial charge in [0, 0.05) is 15.5 Å². The lowest BCUT2D eigenvalue weighted by Gasteiger charge is -2.20. The number of carbonyl (C=O) groups excluding carboxylic acids is 2. The quantitative estimate of drug-likeness (QED) is 0.233. The second-order valence-corrected chi connectivity index (χ2v) is 6.40. The molecule has 0 aromatic heterocycles. The summed E-state index contributed by atoms with van der Waals surface area (Å²) in [5.74, 6) is -0.937. The number of nitrogens with one attached hydrogen (secondary N) is 1. The van der Waals surface area contributed by atoms with Crippen molar-refractivity contribution in [1.82, 2.24) is 0 Å². The summed E-state index contributed by atoms with van der Waals surface area (Å²) in [6.07, 6.45) is -0.678. The minimum atomic E-state index is -0.937. The first-order valence-corrected chi connectivity index (χ1v) is 8.26. The largest absolute Gasteiger partial charge is 0.462 e. The number of anilines is 1. The molecule has 11 heteroatoms. The van der Waals surface area contributed by atoms with Crippen LogP contribution in [0.2, 0.25) is 0 Å². The highest BCUT2D eigenvalue weighted by molar-refractivity contribution is 5.98. The van der Waals surface area contributed by atoms with E-state index in [2.05, 4.69) is 25.4 Å². The van der Waals surface area contributed by atoms with Gasteiger partial charge in [-0.1, -0.05) is 22.4 Å². The topological polar surface area (TPSA) is 162 Å². The maximum Gasteiger partial charge on any atom is 0.412 e. The van der Waals surface area contributed by atoms with Gasteiger partial charge >= 0.3 is 12.1 Å². The first kappa shape index (κ1) is 22.4. The molecule has 0 heterocycles. The minimum Gasteiger partial charge on any atom is -0.462 e. The van der Waals surface area contributed by atoms with Crippen molar-refractivity contribution in [3.8, 4) is 0 Å². The number of nitrogens with zero attached hydrogens (tertiary/aromatic N) is 6. The van der Waals surface area contributed by atoms with Gasteiger partial charge < -0.3 is 9.47 Å². The van der Waals surface area contributed by atoms with Gasteiger partial charge in [-0.15, -0.1) is 0 Å². The Morgan fingerprint density at radius 2 is 1.82 bits per heavy atom. The maximum atomic E-state index is 12.1. The van der Waals surface area contributed by atoms with Crippen LogP contribution in [0.1, 0.15) is 38.8 Å². The Bertz CT molecular complexity index is 889. The van der Waals surface area contributed by atoms with Gasteiger partial charge in [-0.25, -0.2) is 9.59 Å². The van der Waals surface area contributed by atoms with Crippen molar-refractivity contribution in [1.29, 1.82) is 0 Å². The van der Waals surface area contributed by atoms with Gasteiger partial charge in [0.05, 0.1) is 12.3 Å². The number of carbonyl (C=O) groups is 2. The molecule has 0 bridgehead atoms. The molecule has 1 aromatic carbocycles. The molecule has 0 radical (unpaired) electrons. The Morgan fingerprint density at radius 3 is 2.36 bits per heavy atom. The van der Waals surface area contributed by atoms with E-state index in [1.54, 1.807) is 52.8 Å². The van der Waals surface area contributed by atoms with Gasteiger partial charge in [0.2, 0.25) is 0 Å². The van der Waals surface area contributed by atoms with Gasteiger partial charge in [-0.2, -0.15) is 0 Å². The lowest BCUT2D eigenvalue weighted by molar-refractivity contribution is -0.138. The molecule has 1 amide bonds. The molecule has 0 aliphatic rings. The summed E-state index contributed by atoms with van der Waals surface area (Å²) in [4.78, 5) is 29.5. The van der Waals surface area contributed by atoms with Crippen LogP contribution in [0.3, 0.4) is 0 Å². The van der Waals surface area contributed by atoms with Crippen molar-refractivity contribution in [2.75, 3.05) is 11.9 Å². The van der Waals surface area contributed by atoms with Crippen LogP contribution in [0, 0.1) is 6.92 Å². The second kappa shape index (κ2) is 9.86. The molecule has 28 heavy (non-hydrogen) atoms. The van der Waals surface area contributed by atoms with Crippen molar-refractivity contribution >= 4 is 23.4 Å². The highest BCUT2D eigenvalue weighted by Gasteiger charge is 2.20. The number of hydrogen-bond acceptors (Lipinski definition) is 6. The third kappa shape index (κ3) is 6.24. The van der Waals surface area contributed by atoms with Crippen molar-refractivity contribution < 1.29 is 19.1 Å². The van der Waals surface area contributed by atoms with Crippen molar-refractivity contribution in [3.63, 3.8) is 0 Å². The molecule has 0 unspecified atom stereocenters. The zero-order valence-electron chi connectivity index (χ0n) is 16.3. The summed E-state index contributed by atoms with van der Waals surface area (Å²) in [5, 5.41) is 9.43. The standard InChI is InChI=1S/C17H21N7O4/c1-6-27-15(25)14(22-24-19)13(21-23-18)11-8-7-9-12(10(11)2)20-16(26)28-17(3,4)5/h7-9H,6H2,1-5H3,(H,20,26)/b14-13-. The van der Waals surface area contributed by atoms with Gasteiger partial charge in [-0.3, -0.25) is 5.32 Å². The van der Waals surface area contributed by atoms with Crippen LogP contribution in [-0.4, -0.2) is 24.3 Å². The number of rotatable bonds is 6. The molecular formula is C17H21N7O4. The van der Waals surface area contributed by atoms with E-state index >= 15 is 0 Å². The summed E-state index contributed by atoms with van der Waals surface area (Å²) in [7, 11) is 0. The zero-order valence-corrected chi connectivity index (χ0v) is 16.3. The lowest BCUT2D eigenvalue weighted by atomic mass is 10.0. The van der Waals surface area contributed by atoms with Gasteiger partial charge in [0.1, 0.15) is 11.3 Å². The van der Waals surface area contributed by atoms with E-state index in [1.807, 2.05) is 0 Å². The Labute approximate surface area is 161 Å². The monoisotopic (exact) mass is 387 g/mol. The molecule has 11 nitrogen and oxygen atoms in total.